The first-order valence-corrected chi connectivity index (χ1v) is 9.57. The topological polar surface area (TPSA) is 46.4 Å². The summed E-state index contributed by atoms with van der Waals surface area (Å²) in [5, 5.41) is 7.22. The van der Waals surface area contributed by atoms with Gasteiger partial charge in [0.25, 0.3) is 0 Å². The number of carbonyl (C=O) groups excluding carboxylic acids is 1. The monoisotopic (exact) mass is 389 g/mol. The first kappa shape index (κ1) is 18.3. The van der Waals surface area contributed by atoms with E-state index < -0.39 is 0 Å². The quantitative estimate of drug-likeness (QED) is 0.361. The molecule has 0 saturated carbocycles. The summed E-state index contributed by atoms with van der Waals surface area (Å²) in [6.07, 6.45) is 0.335. The van der Waals surface area contributed by atoms with Crippen molar-refractivity contribution in [3.63, 3.8) is 0 Å². The number of fused-ring (bicyclic) bond motifs is 3. The van der Waals surface area contributed by atoms with Crippen molar-refractivity contribution in [3.05, 3.63) is 83.4 Å². The zero-order chi connectivity index (χ0) is 19.5. The molecule has 0 bridgehead atoms. The lowest BCUT2D eigenvalue weighted by Crippen LogP contribution is -2.20. The van der Waals surface area contributed by atoms with Gasteiger partial charge in [-0.25, -0.2) is 5.43 Å². The second-order valence-electron chi connectivity index (χ2n) is 6.65. The number of nitrogens with one attached hydrogen (secondary N) is 1. The van der Waals surface area contributed by atoms with E-state index in [9.17, 15) is 4.79 Å². The van der Waals surface area contributed by atoms with Gasteiger partial charge in [0.15, 0.2) is 0 Å². The van der Waals surface area contributed by atoms with Gasteiger partial charge in [0.05, 0.1) is 5.71 Å². The molecule has 0 aliphatic heterocycles. The molecule has 5 heteroatoms. The van der Waals surface area contributed by atoms with Crippen molar-refractivity contribution >= 4 is 45.0 Å². The summed E-state index contributed by atoms with van der Waals surface area (Å²) in [6, 6.07) is 24.0. The number of hydrogen-bond acceptors (Lipinski definition) is 2. The van der Waals surface area contributed by atoms with Gasteiger partial charge in [0, 0.05) is 45.4 Å². The lowest BCUT2D eigenvalue weighted by molar-refractivity contribution is -0.121. The summed E-state index contributed by atoms with van der Waals surface area (Å²) < 4.78 is 2.19. The highest BCUT2D eigenvalue weighted by atomic mass is 35.5. The molecular formula is C23H20ClN3O. The van der Waals surface area contributed by atoms with Crippen LogP contribution in [0.5, 0.6) is 0 Å². The van der Waals surface area contributed by atoms with Crippen LogP contribution in [-0.2, 0) is 11.3 Å². The van der Waals surface area contributed by atoms with Crippen molar-refractivity contribution in [2.45, 2.75) is 19.9 Å². The van der Waals surface area contributed by atoms with Crippen LogP contribution in [0.25, 0.3) is 21.8 Å². The van der Waals surface area contributed by atoms with Crippen LogP contribution in [0.3, 0.4) is 0 Å². The molecule has 0 radical (unpaired) electrons. The molecule has 0 fully saturated rings. The molecule has 4 nitrogen and oxygen atoms in total. The Hall–Kier alpha value is -3.11. The largest absolute Gasteiger partial charge is 0.340 e. The predicted octanol–water partition coefficient (Wildman–Crippen LogP) is 5.38. The maximum Gasteiger partial charge on any atom is 0.241 e. The molecule has 0 spiro atoms. The molecule has 4 rings (SSSR count). The number of halogens is 1. The number of hydrogen-bond donors (Lipinski definition) is 1. The number of aromatic nitrogens is 1. The summed E-state index contributed by atoms with van der Waals surface area (Å²) in [5.74, 6) is -0.131. The number of hydrazone groups is 1. The molecule has 0 atom stereocenters. The van der Waals surface area contributed by atoms with E-state index >= 15 is 0 Å². The average molecular weight is 390 g/mol. The lowest BCUT2D eigenvalue weighted by Gasteiger charge is -2.08. The number of amides is 1. The van der Waals surface area contributed by atoms with E-state index in [1.54, 1.807) is 6.07 Å². The minimum atomic E-state index is -0.131. The van der Waals surface area contributed by atoms with Crippen molar-refractivity contribution in [3.8, 4) is 0 Å². The van der Waals surface area contributed by atoms with Gasteiger partial charge in [-0.15, -0.1) is 0 Å². The minimum absolute atomic E-state index is 0.131. The maximum absolute atomic E-state index is 12.4. The fraction of sp³-hybridized carbons (Fsp3) is 0.130. The third-order valence-electron chi connectivity index (χ3n) is 4.85. The average Bonchev–Trinajstić information content (AvgIpc) is 3.05. The van der Waals surface area contributed by atoms with Crippen molar-refractivity contribution in [2.75, 3.05) is 0 Å². The van der Waals surface area contributed by atoms with E-state index in [-0.39, 0.29) is 5.91 Å². The molecule has 1 aromatic heterocycles. The standard InChI is InChI=1S/C23H20ClN3O/c1-16(17-8-2-5-11-20(17)24)25-26-23(28)14-15-27-21-12-6-3-9-18(21)19-10-4-7-13-22(19)27/h2-13H,14-15H2,1H3,(H,26,28)/b25-16+. The fourth-order valence-electron chi connectivity index (χ4n) is 3.47. The third-order valence-corrected chi connectivity index (χ3v) is 5.18. The second-order valence-corrected chi connectivity index (χ2v) is 7.06. The Labute approximate surface area is 168 Å². The summed E-state index contributed by atoms with van der Waals surface area (Å²) in [4.78, 5) is 12.4. The van der Waals surface area contributed by atoms with Gasteiger partial charge in [-0.05, 0) is 25.1 Å². The highest BCUT2D eigenvalue weighted by molar-refractivity contribution is 6.34. The third kappa shape index (κ3) is 3.51. The minimum Gasteiger partial charge on any atom is -0.340 e. The zero-order valence-corrected chi connectivity index (χ0v) is 16.3. The first-order chi connectivity index (χ1) is 13.6. The number of carbonyl (C=O) groups is 1. The molecule has 1 heterocycles. The van der Waals surface area contributed by atoms with E-state index in [0.717, 1.165) is 16.6 Å². The van der Waals surface area contributed by atoms with Crippen LogP contribution in [0.15, 0.2) is 77.9 Å². The summed E-state index contributed by atoms with van der Waals surface area (Å²) in [5.41, 5.74) is 6.40. The number of rotatable bonds is 5. The Kier molecular flexibility index (Phi) is 5.13. The second kappa shape index (κ2) is 7.87. The van der Waals surface area contributed by atoms with Crippen molar-refractivity contribution in [1.29, 1.82) is 0 Å². The molecule has 0 aliphatic rings. The van der Waals surface area contributed by atoms with E-state index in [1.165, 1.54) is 10.8 Å². The maximum atomic E-state index is 12.4. The molecule has 0 aliphatic carbocycles. The molecular weight excluding hydrogens is 370 g/mol. The smallest absolute Gasteiger partial charge is 0.241 e. The zero-order valence-electron chi connectivity index (χ0n) is 15.5. The highest BCUT2D eigenvalue weighted by Gasteiger charge is 2.11. The van der Waals surface area contributed by atoms with Gasteiger partial charge in [0.1, 0.15) is 0 Å². The number of para-hydroxylation sites is 2. The van der Waals surface area contributed by atoms with E-state index in [0.29, 0.717) is 23.7 Å². The van der Waals surface area contributed by atoms with Crippen LogP contribution >= 0.6 is 11.6 Å². The highest BCUT2D eigenvalue weighted by Crippen LogP contribution is 2.28. The molecule has 1 amide bonds. The number of benzene rings is 3. The predicted molar refractivity (Wildman–Crippen MR) is 116 cm³/mol. The molecule has 0 saturated heterocycles. The SMILES string of the molecule is C/C(=N\NC(=O)CCn1c2ccccc2c2ccccc21)c1ccccc1Cl. The number of aryl methyl sites for hydroxylation is 1. The summed E-state index contributed by atoms with van der Waals surface area (Å²) >= 11 is 6.18. The molecule has 4 aromatic rings. The Morgan fingerprint density at radius 2 is 1.50 bits per heavy atom. The van der Waals surface area contributed by atoms with Crippen LogP contribution in [0.4, 0.5) is 0 Å². The van der Waals surface area contributed by atoms with Crippen molar-refractivity contribution in [2.24, 2.45) is 5.10 Å². The van der Waals surface area contributed by atoms with Gasteiger partial charge in [-0.2, -0.15) is 5.10 Å². The fourth-order valence-corrected chi connectivity index (χ4v) is 3.75. The molecule has 3 aromatic carbocycles. The van der Waals surface area contributed by atoms with Gasteiger partial charge in [-0.3, -0.25) is 4.79 Å². The van der Waals surface area contributed by atoms with Gasteiger partial charge in [-0.1, -0.05) is 66.2 Å². The molecule has 0 unspecified atom stereocenters. The Balaban J connectivity index is 1.51. The van der Waals surface area contributed by atoms with Crippen LogP contribution in [0, 0.1) is 0 Å². The Bertz CT molecular complexity index is 1140. The van der Waals surface area contributed by atoms with E-state index in [1.807, 2.05) is 49.4 Å². The lowest BCUT2D eigenvalue weighted by atomic mass is 10.1. The Morgan fingerprint density at radius 3 is 2.14 bits per heavy atom. The van der Waals surface area contributed by atoms with E-state index in [4.69, 9.17) is 11.6 Å². The molecule has 28 heavy (non-hydrogen) atoms. The van der Waals surface area contributed by atoms with Crippen LogP contribution in [0.1, 0.15) is 18.9 Å². The van der Waals surface area contributed by atoms with Gasteiger partial charge < -0.3 is 4.57 Å². The summed E-state index contributed by atoms with van der Waals surface area (Å²) in [7, 11) is 0. The van der Waals surface area contributed by atoms with Gasteiger partial charge >= 0.3 is 0 Å². The van der Waals surface area contributed by atoms with Gasteiger partial charge in [0.2, 0.25) is 5.91 Å². The normalized spacial score (nSPS) is 11.9. The Morgan fingerprint density at radius 1 is 0.929 bits per heavy atom. The van der Waals surface area contributed by atoms with Crippen molar-refractivity contribution in [1.82, 2.24) is 9.99 Å². The van der Waals surface area contributed by atoms with E-state index in [2.05, 4.69) is 39.4 Å². The van der Waals surface area contributed by atoms with Crippen LogP contribution < -0.4 is 5.43 Å². The first-order valence-electron chi connectivity index (χ1n) is 9.19. The molecule has 140 valence electrons. The number of nitrogens with zero attached hydrogens (tertiary/aromatic N) is 2. The van der Waals surface area contributed by atoms with Crippen LogP contribution in [0.2, 0.25) is 5.02 Å². The molecule has 1 N–H and O–H groups in total. The van der Waals surface area contributed by atoms with Crippen LogP contribution in [-0.4, -0.2) is 16.2 Å². The van der Waals surface area contributed by atoms with Crippen molar-refractivity contribution < 1.29 is 4.79 Å². The summed E-state index contributed by atoms with van der Waals surface area (Å²) in [6.45, 7) is 2.41.